The first-order valence-corrected chi connectivity index (χ1v) is 5.26. The third kappa shape index (κ3) is 8.06. The average Bonchev–Trinajstić information content (AvgIpc) is 2.21. The van der Waals surface area contributed by atoms with E-state index in [0.717, 1.165) is 0 Å². The van der Waals surface area contributed by atoms with Crippen LogP contribution < -0.4 is 10.6 Å². The number of hydrogen-bond acceptors (Lipinski definition) is 3. The number of carboxylic acid groups (broad SMARTS) is 1. The van der Waals surface area contributed by atoms with Crippen LogP contribution in [-0.2, 0) is 9.59 Å². The standard InChI is InChI=1S/C10H19N3O4/c1-7(4-9(15)16)5-11-10(17)12-6-8(14)13(2)3/h7H,4-6H2,1-3H3,(H,15,16)(H2,11,12,17). The summed E-state index contributed by atoms with van der Waals surface area (Å²) in [5.41, 5.74) is 0. The molecule has 3 amide bonds. The third-order valence-corrected chi connectivity index (χ3v) is 2.03. The number of rotatable bonds is 6. The molecular weight excluding hydrogens is 226 g/mol. The van der Waals surface area contributed by atoms with Crippen LogP contribution >= 0.6 is 0 Å². The summed E-state index contributed by atoms with van der Waals surface area (Å²) in [6.07, 6.45) is -0.00307. The Morgan fingerprint density at radius 1 is 1.24 bits per heavy atom. The SMILES string of the molecule is CC(CNC(=O)NCC(=O)N(C)C)CC(=O)O. The van der Waals surface area contributed by atoms with Crippen LogP contribution in [0.5, 0.6) is 0 Å². The molecule has 0 heterocycles. The largest absolute Gasteiger partial charge is 0.481 e. The molecule has 0 aromatic heterocycles. The van der Waals surface area contributed by atoms with Crippen LogP contribution in [0.3, 0.4) is 0 Å². The Morgan fingerprint density at radius 3 is 2.29 bits per heavy atom. The Bertz CT molecular complexity index is 291. The van der Waals surface area contributed by atoms with Crippen LogP contribution in [0, 0.1) is 5.92 Å². The smallest absolute Gasteiger partial charge is 0.315 e. The van der Waals surface area contributed by atoms with E-state index in [4.69, 9.17) is 5.11 Å². The minimum atomic E-state index is -0.900. The molecule has 3 N–H and O–H groups in total. The van der Waals surface area contributed by atoms with Gasteiger partial charge in [0.1, 0.15) is 0 Å². The molecule has 0 aliphatic carbocycles. The molecule has 1 unspecified atom stereocenters. The van der Waals surface area contributed by atoms with Crippen molar-refractivity contribution in [3.05, 3.63) is 0 Å². The van der Waals surface area contributed by atoms with E-state index < -0.39 is 12.0 Å². The Labute approximate surface area is 100 Å². The lowest BCUT2D eigenvalue weighted by Crippen LogP contribution is -2.43. The van der Waals surface area contributed by atoms with Crippen LogP contribution in [0.2, 0.25) is 0 Å². The molecule has 0 aromatic rings. The van der Waals surface area contributed by atoms with Crippen LogP contribution in [0.4, 0.5) is 4.79 Å². The summed E-state index contributed by atoms with van der Waals surface area (Å²) in [7, 11) is 3.19. The molecule has 0 aliphatic rings. The first kappa shape index (κ1) is 15.2. The van der Waals surface area contributed by atoms with Crippen LogP contribution in [-0.4, -0.2) is 55.1 Å². The van der Waals surface area contributed by atoms with Crippen LogP contribution in [0.25, 0.3) is 0 Å². The molecule has 0 aromatic carbocycles. The number of hydrogen-bond donors (Lipinski definition) is 3. The van der Waals surface area contributed by atoms with E-state index in [1.165, 1.54) is 4.90 Å². The number of nitrogens with zero attached hydrogens (tertiary/aromatic N) is 1. The van der Waals surface area contributed by atoms with E-state index in [2.05, 4.69) is 10.6 Å². The lowest BCUT2D eigenvalue weighted by atomic mass is 10.1. The molecule has 0 bridgehead atoms. The number of carbonyl (C=O) groups is 3. The highest BCUT2D eigenvalue weighted by atomic mass is 16.4. The van der Waals surface area contributed by atoms with Gasteiger partial charge in [0.2, 0.25) is 5.91 Å². The fourth-order valence-electron chi connectivity index (χ4n) is 1.01. The van der Waals surface area contributed by atoms with Crippen molar-refractivity contribution in [3.8, 4) is 0 Å². The van der Waals surface area contributed by atoms with Gasteiger partial charge in [-0.25, -0.2) is 4.79 Å². The average molecular weight is 245 g/mol. The lowest BCUT2D eigenvalue weighted by molar-refractivity contribution is -0.137. The van der Waals surface area contributed by atoms with Gasteiger partial charge in [0.05, 0.1) is 6.54 Å². The summed E-state index contributed by atoms with van der Waals surface area (Å²) in [4.78, 5) is 34.1. The summed E-state index contributed by atoms with van der Waals surface area (Å²) in [6.45, 7) is 1.90. The highest BCUT2D eigenvalue weighted by Crippen LogP contribution is 1.98. The Morgan fingerprint density at radius 2 is 1.82 bits per heavy atom. The van der Waals surface area contributed by atoms with Crippen molar-refractivity contribution in [3.63, 3.8) is 0 Å². The Kier molecular flexibility index (Phi) is 6.69. The van der Waals surface area contributed by atoms with E-state index >= 15 is 0 Å². The zero-order chi connectivity index (χ0) is 13.4. The predicted octanol–water partition coefficient (Wildman–Crippen LogP) is -0.515. The first-order valence-electron chi connectivity index (χ1n) is 5.26. The van der Waals surface area contributed by atoms with Gasteiger partial charge in [0.25, 0.3) is 0 Å². The van der Waals surface area contributed by atoms with Crippen molar-refractivity contribution in [1.29, 1.82) is 0 Å². The molecule has 0 aliphatic heterocycles. The second-order valence-corrected chi connectivity index (χ2v) is 4.05. The van der Waals surface area contributed by atoms with Crippen molar-refractivity contribution in [1.82, 2.24) is 15.5 Å². The summed E-state index contributed by atoms with van der Waals surface area (Å²) in [5, 5.41) is 13.4. The quantitative estimate of drug-likeness (QED) is 0.586. The minimum Gasteiger partial charge on any atom is -0.481 e. The summed E-state index contributed by atoms with van der Waals surface area (Å²) >= 11 is 0. The van der Waals surface area contributed by atoms with Crippen molar-refractivity contribution in [2.75, 3.05) is 27.2 Å². The number of aliphatic carboxylic acids is 1. The van der Waals surface area contributed by atoms with Crippen molar-refractivity contribution in [2.45, 2.75) is 13.3 Å². The van der Waals surface area contributed by atoms with Gasteiger partial charge in [-0.15, -0.1) is 0 Å². The topological polar surface area (TPSA) is 98.7 Å². The maximum Gasteiger partial charge on any atom is 0.315 e. The van der Waals surface area contributed by atoms with Crippen molar-refractivity contribution in [2.24, 2.45) is 5.92 Å². The fraction of sp³-hybridized carbons (Fsp3) is 0.700. The predicted molar refractivity (Wildman–Crippen MR) is 61.5 cm³/mol. The molecule has 98 valence electrons. The van der Waals surface area contributed by atoms with Gasteiger partial charge >= 0.3 is 12.0 Å². The minimum absolute atomic E-state index is 0.00307. The molecule has 7 nitrogen and oxygen atoms in total. The molecule has 0 saturated carbocycles. The summed E-state index contributed by atoms with van der Waals surface area (Å²) in [6, 6.07) is -0.475. The zero-order valence-electron chi connectivity index (χ0n) is 10.3. The van der Waals surface area contributed by atoms with Crippen LogP contribution in [0.15, 0.2) is 0 Å². The van der Waals surface area contributed by atoms with Gasteiger partial charge in [-0.2, -0.15) is 0 Å². The molecule has 17 heavy (non-hydrogen) atoms. The number of nitrogens with one attached hydrogen (secondary N) is 2. The van der Waals surface area contributed by atoms with E-state index in [9.17, 15) is 14.4 Å². The van der Waals surface area contributed by atoms with Gasteiger partial charge < -0.3 is 20.6 Å². The van der Waals surface area contributed by atoms with Crippen LogP contribution in [0.1, 0.15) is 13.3 Å². The van der Waals surface area contributed by atoms with E-state index in [-0.39, 0.29) is 31.3 Å². The van der Waals surface area contributed by atoms with Crippen molar-refractivity contribution < 1.29 is 19.5 Å². The molecule has 0 rings (SSSR count). The molecule has 1 atom stereocenters. The summed E-state index contributed by atoms with van der Waals surface area (Å²) in [5.74, 6) is -1.26. The van der Waals surface area contributed by atoms with Gasteiger partial charge in [0.15, 0.2) is 0 Å². The fourth-order valence-corrected chi connectivity index (χ4v) is 1.01. The van der Waals surface area contributed by atoms with Crippen molar-refractivity contribution >= 4 is 17.9 Å². The van der Waals surface area contributed by atoms with Gasteiger partial charge in [-0.3, -0.25) is 9.59 Å². The Balaban J connectivity index is 3.73. The second kappa shape index (κ2) is 7.48. The van der Waals surface area contributed by atoms with E-state index in [0.29, 0.717) is 0 Å². The zero-order valence-corrected chi connectivity index (χ0v) is 10.3. The number of amides is 3. The highest BCUT2D eigenvalue weighted by molar-refractivity contribution is 5.83. The molecule has 0 radical (unpaired) electrons. The number of urea groups is 1. The molecular formula is C10H19N3O4. The van der Waals surface area contributed by atoms with E-state index in [1.54, 1.807) is 21.0 Å². The Hall–Kier alpha value is -1.79. The second-order valence-electron chi connectivity index (χ2n) is 4.05. The molecule has 0 saturated heterocycles. The number of carboxylic acids is 1. The van der Waals surface area contributed by atoms with Gasteiger partial charge in [0, 0.05) is 27.1 Å². The van der Waals surface area contributed by atoms with Gasteiger partial charge in [-0.1, -0.05) is 6.92 Å². The lowest BCUT2D eigenvalue weighted by Gasteiger charge is -2.13. The molecule has 0 spiro atoms. The monoisotopic (exact) mass is 245 g/mol. The third-order valence-electron chi connectivity index (χ3n) is 2.03. The van der Waals surface area contributed by atoms with Gasteiger partial charge in [-0.05, 0) is 5.92 Å². The normalized spacial score (nSPS) is 11.5. The number of likely N-dealkylation sites (N-methyl/N-ethyl adjacent to an activating group) is 1. The molecule has 0 fully saturated rings. The summed E-state index contributed by atoms with van der Waals surface area (Å²) < 4.78 is 0. The first-order chi connectivity index (χ1) is 7.82. The number of carbonyl (C=O) groups excluding carboxylic acids is 2. The molecule has 7 heteroatoms. The maximum absolute atomic E-state index is 11.2. The maximum atomic E-state index is 11.2. The van der Waals surface area contributed by atoms with E-state index in [1.807, 2.05) is 0 Å². The highest BCUT2D eigenvalue weighted by Gasteiger charge is 2.10.